The van der Waals surface area contributed by atoms with Crippen molar-refractivity contribution in [1.29, 1.82) is 0 Å². The molecule has 108 valence electrons. The van der Waals surface area contributed by atoms with E-state index in [2.05, 4.69) is 10.3 Å². The lowest BCUT2D eigenvalue weighted by atomic mass is 9.95. The van der Waals surface area contributed by atoms with Gasteiger partial charge in [-0.15, -0.1) is 0 Å². The lowest BCUT2D eigenvalue weighted by molar-refractivity contribution is -0.142. The van der Waals surface area contributed by atoms with E-state index in [9.17, 15) is 14.7 Å². The molecule has 1 aromatic rings. The molecule has 1 saturated carbocycles. The van der Waals surface area contributed by atoms with Crippen molar-refractivity contribution < 1.29 is 14.7 Å². The summed E-state index contributed by atoms with van der Waals surface area (Å²) >= 11 is 0. The summed E-state index contributed by atoms with van der Waals surface area (Å²) in [5.74, 6) is -1.60. The molecule has 1 heterocycles. The SMILES string of the molecule is Cc1cccc(C(=O)NC2CCCCCC2C(=O)O)n1. The maximum atomic E-state index is 12.2. The molecule has 2 atom stereocenters. The minimum absolute atomic E-state index is 0.285. The predicted molar refractivity (Wildman–Crippen MR) is 74.4 cm³/mol. The van der Waals surface area contributed by atoms with E-state index < -0.39 is 11.9 Å². The molecule has 1 fully saturated rings. The molecule has 0 radical (unpaired) electrons. The van der Waals surface area contributed by atoms with Crippen LogP contribution in [0.4, 0.5) is 0 Å². The molecule has 0 aromatic carbocycles. The molecule has 0 saturated heterocycles. The molecule has 1 aliphatic carbocycles. The Bertz CT molecular complexity index is 502. The van der Waals surface area contributed by atoms with Crippen LogP contribution in [0, 0.1) is 12.8 Å². The zero-order valence-corrected chi connectivity index (χ0v) is 11.6. The number of nitrogens with one attached hydrogen (secondary N) is 1. The van der Waals surface area contributed by atoms with Crippen molar-refractivity contribution in [2.45, 2.75) is 45.1 Å². The minimum Gasteiger partial charge on any atom is -0.481 e. The van der Waals surface area contributed by atoms with Crippen LogP contribution in [0.25, 0.3) is 0 Å². The van der Waals surface area contributed by atoms with E-state index in [-0.39, 0.29) is 11.9 Å². The van der Waals surface area contributed by atoms with Gasteiger partial charge in [-0.1, -0.05) is 25.3 Å². The van der Waals surface area contributed by atoms with Gasteiger partial charge in [0.15, 0.2) is 0 Å². The lowest BCUT2D eigenvalue weighted by Gasteiger charge is -2.22. The summed E-state index contributed by atoms with van der Waals surface area (Å²) in [6.45, 7) is 1.82. The second-order valence-electron chi connectivity index (χ2n) is 5.33. The van der Waals surface area contributed by atoms with Gasteiger partial charge in [-0.3, -0.25) is 9.59 Å². The number of pyridine rings is 1. The lowest BCUT2D eigenvalue weighted by Crippen LogP contribution is -2.43. The average Bonchev–Trinajstić information content (AvgIpc) is 2.64. The molecule has 0 bridgehead atoms. The number of rotatable bonds is 3. The van der Waals surface area contributed by atoms with Crippen molar-refractivity contribution >= 4 is 11.9 Å². The van der Waals surface area contributed by atoms with Crippen molar-refractivity contribution in [3.05, 3.63) is 29.6 Å². The van der Waals surface area contributed by atoms with Gasteiger partial charge in [-0.25, -0.2) is 4.98 Å². The van der Waals surface area contributed by atoms with Gasteiger partial charge < -0.3 is 10.4 Å². The highest BCUT2D eigenvalue weighted by atomic mass is 16.4. The van der Waals surface area contributed by atoms with E-state index in [1.807, 2.05) is 13.0 Å². The standard InChI is InChI=1S/C15H20N2O3/c1-10-6-5-9-13(16-10)14(18)17-12-8-4-2-3-7-11(12)15(19)20/h5-6,9,11-12H,2-4,7-8H2,1H3,(H,17,18)(H,19,20). The van der Waals surface area contributed by atoms with Crippen LogP contribution in [-0.4, -0.2) is 28.0 Å². The number of carboxylic acids is 1. The van der Waals surface area contributed by atoms with Crippen molar-refractivity contribution in [3.8, 4) is 0 Å². The maximum Gasteiger partial charge on any atom is 0.308 e. The molecule has 1 amide bonds. The Balaban J connectivity index is 2.09. The summed E-state index contributed by atoms with van der Waals surface area (Å²) in [4.78, 5) is 27.7. The second-order valence-corrected chi connectivity index (χ2v) is 5.33. The normalized spacial score (nSPS) is 22.9. The first kappa shape index (κ1) is 14.5. The number of hydrogen-bond donors (Lipinski definition) is 2. The summed E-state index contributed by atoms with van der Waals surface area (Å²) in [7, 11) is 0. The number of carboxylic acid groups (broad SMARTS) is 1. The minimum atomic E-state index is -0.825. The van der Waals surface area contributed by atoms with Crippen LogP contribution in [-0.2, 0) is 4.79 Å². The van der Waals surface area contributed by atoms with Gasteiger partial charge in [0.25, 0.3) is 5.91 Å². The van der Waals surface area contributed by atoms with E-state index in [0.717, 1.165) is 25.0 Å². The fourth-order valence-corrected chi connectivity index (χ4v) is 2.69. The van der Waals surface area contributed by atoms with Gasteiger partial charge in [0.05, 0.1) is 5.92 Å². The van der Waals surface area contributed by atoms with Crippen LogP contribution < -0.4 is 5.32 Å². The molecule has 1 aromatic heterocycles. The first-order chi connectivity index (χ1) is 9.58. The number of carbonyl (C=O) groups is 2. The fourth-order valence-electron chi connectivity index (χ4n) is 2.69. The number of amides is 1. The number of carbonyl (C=O) groups excluding carboxylic acids is 1. The molecular formula is C15H20N2O3. The van der Waals surface area contributed by atoms with Crippen LogP contribution >= 0.6 is 0 Å². The first-order valence-corrected chi connectivity index (χ1v) is 7.05. The van der Waals surface area contributed by atoms with Crippen molar-refractivity contribution in [3.63, 3.8) is 0 Å². The van der Waals surface area contributed by atoms with Gasteiger partial charge in [-0.05, 0) is 31.9 Å². The second kappa shape index (κ2) is 6.50. The van der Waals surface area contributed by atoms with Crippen LogP contribution in [0.2, 0.25) is 0 Å². The largest absolute Gasteiger partial charge is 0.481 e. The highest BCUT2D eigenvalue weighted by Crippen LogP contribution is 2.24. The van der Waals surface area contributed by atoms with Gasteiger partial charge in [0.1, 0.15) is 5.69 Å². The first-order valence-electron chi connectivity index (χ1n) is 7.05. The maximum absolute atomic E-state index is 12.2. The third-order valence-electron chi connectivity index (χ3n) is 3.77. The van der Waals surface area contributed by atoms with Gasteiger partial charge in [-0.2, -0.15) is 0 Å². The van der Waals surface area contributed by atoms with E-state index in [1.165, 1.54) is 0 Å². The van der Waals surface area contributed by atoms with E-state index in [0.29, 0.717) is 18.5 Å². The zero-order valence-electron chi connectivity index (χ0n) is 11.6. The van der Waals surface area contributed by atoms with E-state index in [1.54, 1.807) is 12.1 Å². The van der Waals surface area contributed by atoms with E-state index >= 15 is 0 Å². The summed E-state index contributed by atoms with van der Waals surface area (Å²) < 4.78 is 0. The smallest absolute Gasteiger partial charge is 0.308 e. The van der Waals surface area contributed by atoms with Crippen LogP contribution in [0.5, 0.6) is 0 Å². The summed E-state index contributed by atoms with van der Waals surface area (Å²) in [6.07, 6.45) is 4.23. The molecule has 0 spiro atoms. The Kier molecular flexibility index (Phi) is 4.71. The highest BCUT2D eigenvalue weighted by Gasteiger charge is 2.30. The Labute approximate surface area is 118 Å². The third kappa shape index (κ3) is 3.56. The molecule has 20 heavy (non-hydrogen) atoms. The number of aliphatic carboxylic acids is 1. The van der Waals surface area contributed by atoms with Crippen molar-refractivity contribution in [2.24, 2.45) is 5.92 Å². The van der Waals surface area contributed by atoms with Crippen LogP contribution in [0.3, 0.4) is 0 Å². The van der Waals surface area contributed by atoms with Crippen molar-refractivity contribution in [1.82, 2.24) is 10.3 Å². The van der Waals surface area contributed by atoms with Gasteiger partial charge in [0.2, 0.25) is 0 Å². The molecule has 0 aliphatic heterocycles. The molecular weight excluding hydrogens is 256 g/mol. The zero-order chi connectivity index (χ0) is 14.5. The molecule has 1 aliphatic rings. The molecule has 2 N–H and O–H groups in total. The number of aromatic nitrogens is 1. The molecule has 2 rings (SSSR count). The average molecular weight is 276 g/mol. The summed E-state index contributed by atoms with van der Waals surface area (Å²) in [5.41, 5.74) is 1.12. The monoisotopic (exact) mass is 276 g/mol. The van der Waals surface area contributed by atoms with Crippen LogP contribution in [0.15, 0.2) is 18.2 Å². The molecule has 5 heteroatoms. The van der Waals surface area contributed by atoms with Crippen molar-refractivity contribution in [2.75, 3.05) is 0 Å². The quantitative estimate of drug-likeness (QED) is 0.829. The highest BCUT2D eigenvalue weighted by molar-refractivity contribution is 5.92. The Hall–Kier alpha value is -1.91. The Morgan fingerprint density at radius 3 is 2.70 bits per heavy atom. The predicted octanol–water partition coefficient (Wildman–Crippen LogP) is 2.15. The number of hydrogen-bond acceptors (Lipinski definition) is 3. The van der Waals surface area contributed by atoms with Gasteiger partial charge >= 0.3 is 5.97 Å². The summed E-state index contributed by atoms with van der Waals surface area (Å²) in [6, 6.07) is 4.95. The number of nitrogens with zero attached hydrogens (tertiary/aromatic N) is 1. The molecule has 2 unspecified atom stereocenters. The topological polar surface area (TPSA) is 79.3 Å². The third-order valence-corrected chi connectivity index (χ3v) is 3.77. The summed E-state index contributed by atoms with van der Waals surface area (Å²) in [5, 5.41) is 12.1. The van der Waals surface area contributed by atoms with Gasteiger partial charge in [0, 0.05) is 11.7 Å². The van der Waals surface area contributed by atoms with Crippen LogP contribution in [0.1, 0.15) is 48.3 Å². The Morgan fingerprint density at radius 2 is 2.00 bits per heavy atom. The van der Waals surface area contributed by atoms with E-state index in [4.69, 9.17) is 0 Å². The Morgan fingerprint density at radius 1 is 1.25 bits per heavy atom. The fraction of sp³-hybridized carbons (Fsp3) is 0.533. The number of aryl methyl sites for hydroxylation is 1. The molecule has 5 nitrogen and oxygen atoms in total.